The Morgan fingerprint density at radius 2 is 1.71 bits per heavy atom. The molecule has 7 nitrogen and oxygen atoms in total. The zero-order valence-electron chi connectivity index (χ0n) is 15.6. The minimum Gasteiger partial charge on any atom is -0.491 e. The van der Waals surface area contributed by atoms with Crippen LogP contribution in [-0.4, -0.2) is 38.9 Å². The summed E-state index contributed by atoms with van der Waals surface area (Å²) < 4.78 is 7.14. The predicted molar refractivity (Wildman–Crippen MR) is 104 cm³/mol. The summed E-state index contributed by atoms with van der Waals surface area (Å²) in [7, 11) is 0. The Kier molecular flexibility index (Phi) is 5.44. The molecule has 0 aliphatic carbocycles. The van der Waals surface area contributed by atoms with Crippen LogP contribution < -0.4 is 10.1 Å². The van der Waals surface area contributed by atoms with Crippen LogP contribution in [0.1, 0.15) is 23.0 Å². The fourth-order valence-corrected chi connectivity index (χ4v) is 2.61. The summed E-state index contributed by atoms with van der Waals surface area (Å²) in [6, 6.07) is 18.2. The summed E-state index contributed by atoms with van der Waals surface area (Å²) in [4.78, 5) is 24.6. The van der Waals surface area contributed by atoms with Gasteiger partial charge in [0.1, 0.15) is 12.4 Å². The molecule has 1 heterocycles. The van der Waals surface area contributed by atoms with Crippen LogP contribution in [0, 0.1) is 6.92 Å². The van der Waals surface area contributed by atoms with Crippen molar-refractivity contribution >= 4 is 11.9 Å². The molecule has 0 fully saturated rings. The quantitative estimate of drug-likeness (QED) is 0.658. The van der Waals surface area contributed by atoms with E-state index in [0.29, 0.717) is 17.0 Å². The molecule has 7 heteroatoms. The molecule has 0 radical (unpaired) electrons. The zero-order valence-corrected chi connectivity index (χ0v) is 15.6. The second kappa shape index (κ2) is 7.96. The first-order valence-corrected chi connectivity index (χ1v) is 8.74. The van der Waals surface area contributed by atoms with E-state index in [-0.39, 0.29) is 6.61 Å². The molecule has 144 valence electrons. The van der Waals surface area contributed by atoms with Crippen LogP contribution >= 0.6 is 0 Å². The number of carbonyl (C=O) groups excluding carboxylic acids is 1. The first-order chi connectivity index (χ1) is 13.4. The van der Waals surface area contributed by atoms with Crippen molar-refractivity contribution in [3.63, 3.8) is 0 Å². The third kappa shape index (κ3) is 4.20. The first kappa shape index (κ1) is 19.2. The van der Waals surface area contributed by atoms with Crippen molar-refractivity contribution < 1.29 is 19.4 Å². The lowest BCUT2D eigenvalue weighted by molar-refractivity contribution is -0.145. The van der Waals surface area contributed by atoms with Crippen molar-refractivity contribution in [3.8, 4) is 11.4 Å². The molecule has 1 aromatic heterocycles. The molecule has 28 heavy (non-hydrogen) atoms. The van der Waals surface area contributed by atoms with E-state index in [1.165, 1.54) is 6.92 Å². The lowest BCUT2D eigenvalue weighted by Crippen LogP contribution is -2.56. The summed E-state index contributed by atoms with van der Waals surface area (Å²) in [6.45, 7) is 2.89. The molecule has 0 spiro atoms. The Labute approximate surface area is 162 Å². The molecule has 3 rings (SSSR count). The maximum absolute atomic E-state index is 12.8. The van der Waals surface area contributed by atoms with Gasteiger partial charge in [-0.15, -0.1) is 0 Å². The number of ether oxygens (including phenoxy) is 1. The summed E-state index contributed by atoms with van der Waals surface area (Å²) in [5.41, 5.74) is 0.000893. The van der Waals surface area contributed by atoms with Gasteiger partial charge in [-0.25, -0.2) is 9.48 Å². The number of nitrogens with zero attached hydrogens (tertiary/aromatic N) is 2. The number of carboxylic acid groups (broad SMARTS) is 1. The van der Waals surface area contributed by atoms with Gasteiger partial charge in [-0.05, 0) is 38.1 Å². The molecule has 1 unspecified atom stereocenters. The predicted octanol–water partition coefficient (Wildman–Crippen LogP) is 2.83. The highest BCUT2D eigenvalue weighted by Gasteiger charge is 2.37. The normalized spacial score (nSPS) is 12.8. The summed E-state index contributed by atoms with van der Waals surface area (Å²) in [6.07, 6.45) is 1.58. The van der Waals surface area contributed by atoms with Gasteiger partial charge in [-0.2, -0.15) is 5.10 Å². The molecule has 0 aliphatic heterocycles. The Bertz CT molecular complexity index is 970. The van der Waals surface area contributed by atoms with Crippen LogP contribution in [0.3, 0.4) is 0 Å². The topological polar surface area (TPSA) is 93.5 Å². The third-order valence-corrected chi connectivity index (χ3v) is 4.30. The van der Waals surface area contributed by atoms with Crippen LogP contribution in [0.4, 0.5) is 0 Å². The minimum atomic E-state index is -1.60. The van der Waals surface area contributed by atoms with Crippen molar-refractivity contribution in [3.05, 3.63) is 78.1 Å². The van der Waals surface area contributed by atoms with E-state index < -0.39 is 17.4 Å². The van der Waals surface area contributed by atoms with Crippen LogP contribution in [0.15, 0.2) is 66.9 Å². The zero-order chi connectivity index (χ0) is 20.1. The Balaban J connectivity index is 1.77. The van der Waals surface area contributed by atoms with Gasteiger partial charge in [0.25, 0.3) is 5.91 Å². The third-order valence-electron chi connectivity index (χ3n) is 4.30. The molecular weight excluding hydrogens is 358 g/mol. The minimum absolute atomic E-state index is 0.218. The number of aryl methyl sites for hydroxylation is 1. The van der Waals surface area contributed by atoms with Crippen molar-refractivity contribution in [2.75, 3.05) is 6.61 Å². The van der Waals surface area contributed by atoms with Crippen molar-refractivity contribution in [1.82, 2.24) is 15.1 Å². The van der Waals surface area contributed by atoms with Crippen molar-refractivity contribution in [2.45, 2.75) is 19.4 Å². The highest BCUT2D eigenvalue weighted by atomic mass is 16.5. The number of carboxylic acids is 1. The van der Waals surface area contributed by atoms with E-state index in [4.69, 9.17) is 4.74 Å². The van der Waals surface area contributed by atoms with Gasteiger partial charge in [0.05, 0.1) is 16.9 Å². The number of rotatable bonds is 7. The number of aromatic nitrogens is 2. The summed E-state index contributed by atoms with van der Waals surface area (Å²) >= 11 is 0. The molecule has 3 aromatic rings. The van der Waals surface area contributed by atoms with Gasteiger partial charge in [0.2, 0.25) is 0 Å². The van der Waals surface area contributed by atoms with Crippen LogP contribution in [0.2, 0.25) is 0 Å². The maximum atomic E-state index is 12.8. The fraction of sp³-hybridized carbons (Fsp3) is 0.190. The molecule has 2 N–H and O–H groups in total. The monoisotopic (exact) mass is 379 g/mol. The molecule has 2 aromatic carbocycles. The summed E-state index contributed by atoms with van der Waals surface area (Å²) in [5.74, 6) is -1.19. The second-order valence-corrected chi connectivity index (χ2v) is 6.60. The lowest BCUT2D eigenvalue weighted by Gasteiger charge is -2.26. The van der Waals surface area contributed by atoms with Gasteiger partial charge in [-0.3, -0.25) is 4.79 Å². The van der Waals surface area contributed by atoms with E-state index >= 15 is 0 Å². The number of aliphatic carboxylic acids is 1. The lowest BCUT2D eigenvalue weighted by atomic mass is 10.0. The van der Waals surface area contributed by atoms with E-state index in [1.807, 2.05) is 36.4 Å². The van der Waals surface area contributed by atoms with Crippen LogP contribution in [0.5, 0.6) is 5.75 Å². The SMILES string of the molecule is Cc1nn(-c2ccccc2)cc1C(=O)NC(C)(COc1ccccc1)C(=O)O. The van der Waals surface area contributed by atoms with E-state index in [0.717, 1.165) is 5.69 Å². The van der Waals surface area contributed by atoms with Crippen LogP contribution in [0.25, 0.3) is 5.69 Å². The number of nitrogens with one attached hydrogen (secondary N) is 1. The Morgan fingerprint density at radius 1 is 1.11 bits per heavy atom. The van der Waals surface area contributed by atoms with Crippen molar-refractivity contribution in [2.24, 2.45) is 0 Å². The fourth-order valence-electron chi connectivity index (χ4n) is 2.61. The number of amides is 1. The number of hydrogen-bond acceptors (Lipinski definition) is 4. The van der Waals surface area contributed by atoms with Crippen LogP contribution in [-0.2, 0) is 4.79 Å². The molecule has 0 bridgehead atoms. The second-order valence-electron chi connectivity index (χ2n) is 6.60. The standard InChI is InChI=1S/C21H21N3O4/c1-15-18(13-24(23-15)16-9-5-3-6-10-16)19(25)22-21(2,20(26)27)14-28-17-11-7-4-8-12-17/h3-13H,14H2,1-2H3,(H,22,25)(H,26,27). The number of carbonyl (C=O) groups is 2. The maximum Gasteiger partial charge on any atom is 0.332 e. The smallest absolute Gasteiger partial charge is 0.332 e. The average molecular weight is 379 g/mol. The molecule has 0 aliphatic rings. The highest BCUT2D eigenvalue weighted by Crippen LogP contribution is 2.16. The average Bonchev–Trinajstić information content (AvgIpc) is 3.10. The number of hydrogen-bond donors (Lipinski definition) is 2. The highest BCUT2D eigenvalue weighted by molar-refractivity contribution is 5.98. The number of benzene rings is 2. The molecule has 0 saturated heterocycles. The van der Waals surface area contributed by atoms with E-state index in [1.54, 1.807) is 42.1 Å². The molecule has 1 amide bonds. The van der Waals surface area contributed by atoms with E-state index in [2.05, 4.69) is 10.4 Å². The van der Waals surface area contributed by atoms with Gasteiger partial charge >= 0.3 is 5.97 Å². The van der Waals surface area contributed by atoms with Gasteiger partial charge < -0.3 is 15.2 Å². The summed E-state index contributed by atoms with van der Waals surface area (Å²) in [5, 5.41) is 16.6. The van der Waals surface area contributed by atoms with Gasteiger partial charge in [0.15, 0.2) is 5.54 Å². The molecule has 0 saturated carbocycles. The Hall–Kier alpha value is -3.61. The van der Waals surface area contributed by atoms with Gasteiger partial charge in [0, 0.05) is 6.20 Å². The van der Waals surface area contributed by atoms with Crippen molar-refractivity contribution in [1.29, 1.82) is 0 Å². The number of para-hydroxylation sites is 2. The Morgan fingerprint density at radius 3 is 2.32 bits per heavy atom. The van der Waals surface area contributed by atoms with Gasteiger partial charge in [-0.1, -0.05) is 36.4 Å². The first-order valence-electron chi connectivity index (χ1n) is 8.74. The van der Waals surface area contributed by atoms with E-state index in [9.17, 15) is 14.7 Å². The molecule has 1 atom stereocenters. The largest absolute Gasteiger partial charge is 0.491 e. The molecular formula is C21H21N3O4.